The summed E-state index contributed by atoms with van der Waals surface area (Å²) in [6.07, 6.45) is 7.28. The summed E-state index contributed by atoms with van der Waals surface area (Å²) in [5.41, 5.74) is 0. The SMILES string of the molecule is O=C1CC2(CCCCC2)SCCN1. The van der Waals surface area contributed by atoms with E-state index in [9.17, 15) is 4.79 Å². The smallest absolute Gasteiger partial charge is 0.221 e. The Balaban J connectivity index is 2.04. The predicted octanol–water partition coefficient (Wildman–Crippen LogP) is 1.94. The number of carbonyl (C=O) groups is 1. The summed E-state index contributed by atoms with van der Waals surface area (Å²) in [5.74, 6) is 1.37. The lowest BCUT2D eigenvalue weighted by molar-refractivity contribution is -0.121. The van der Waals surface area contributed by atoms with E-state index in [1.54, 1.807) is 0 Å². The van der Waals surface area contributed by atoms with Crippen LogP contribution in [0.15, 0.2) is 0 Å². The van der Waals surface area contributed by atoms with Gasteiger partial charge in [-0.25, -0.2) is 0 Å². The fourth-order valence-corrected chi connectivity index (χ4v) is 3.83. The standard InChI is InChI=1S/C10H17NOS/c12-9-8-10(13-7-6-11-9)4-2-1-3-5-10/h1-8H2,(H,11,12). The lowest BCUT2D eigenvalue weighted by Gasteiger charge is -2.34. The molecule has 2 aliphatic rings. The van der Waals surface area contributed by atoms with Gasteiger partial charge < -0.3 is 5.32 Å². The lowest BCUT2D eigenvalue weighted by Crippen LogP contribution is -2.32. The Labute approximate surface area is 83.8 Å². The fraction of sp³-hybridized carbons (Fsp3) is 0.900. The molecule has 0 unspecified atom stereocenters. The molecule has 2 nitrogen and oxygen atoms in total. The van der Waals surface area contributed by atoms with E-state index >= 15 is 0 Å². The molecular formula is C10H17NOS. The molecule has 0 bridgehead atoms. The van der Waals surface area contributed by atoms with Gasteiger partial charge >= 0.3 is 0 Å². The van der Waals surface area contributed by atoms with Crippen molar-refractivity contribution in [2.24, 2.45) is 0 Å². The normalized spacial score (nSPS) is 28.2. The van der Waals surface area contributed by atoms with Gasteiger partial charge in [0.05, 0.1) is 0 Å². The molecule has 1 saturated heterocycles. The van der Waals surface area contributed by atoms with E-state index in [0.29, 0.717) is 4.75 Å². The van der Waals surface area contributed by atoms with Crippen LogP contribution in [0, 0.1) is 0 Å². The molecule has 0 radical (unpaired) electrons. The van der Waals surface area contributed by atoms with Gasteiger partial charge in [-0.05, 0) is 12.8 Å². The predicted molar refractivity (Wildman–Crippen MR) is 55.9 cm³/mol. The molecule has 0 aromatic carbocycles. The summed E-state index contributed by atoms with van der Waals surface area (Å²) in [6.45, 7) is 0.866. The van der Waals surface area contributed by atoms with Crippen molar-refractivity contribution in [1.82, 2.24) is 5.32 Å². The van der Waals surface area contributed by atoms with Crippen molar-refractivity contribution >= 4 is 17.7 Å². The second kappa shape index (κ2) is 3.91. The first-order chi connectivity index (χ1) is 6.31. The van der Waals surface area contributed by atoms with Gasteiger partial charge in [0.25, 0.3) is 0 Å². The minimum atomic E-state index is 0.270. The maximum absolute atomic E-state index is 11.4. The molecule has 1 aliphatic carbocycles. The monoisotopic (exact) mass is 199 g/mol. The van der Waals surface area contributed by atoms with E-state index < -0.39 is 0 Å². The topological polar surface area (TPSA) is 29.1 Å². The number of rotatable bonds is 0. The Morgan fingerprint density at radius 1 is 1.23 bits per heavy atom. The van der Waals surface area contributed by atoms with Crippen LogP contribution < -0.4 is 5.32 Å². The van der Waals surface area contributed by atoms with Gasteiger partial charge in [-0.3, -0.25) is 4.79 Å². The summed E-state index contributed by atoms with van der Waals surface area (Å²) < 4.78 is 0.318. The Bertz CT molecular complexity index is 199. The maximum Gasteiger partial charge on any atom is 0.221 e. The van der Waals surface area contributed by atoms with Crippen LogP contribution in [0.4, 0.5) is 0 Å². The van der Waals surface area contributed by atoms with Gasteiger partial charge in [0.1, 0.15) is 0 Å². The van der Waals surface area contributed by atoms with Crippen LogP contribution in [0.5, 0.6) is 0 Å². The summed E-state index contributed by atoms with van der Waals surface area (Å²) in [5, 5.41) is 2.96. The van der Waals surface area contributed by atoms with Crippen LogP contribution >= 0.6 is 11.8 Å². The highest BCUT2D eigenvalue weighted by Gasteiger charge is 2.35. The van der Waals surface area contributed by atoms with Crippen LogP contribution in [-0.4, -0.2) is 23.0 Å². The highest BCUT2D eigenvalue weighted by molar-refractivity contribution is 8.00. The number of hydrogen-bond donors (Lipinski definition) is 1. The van der Waals surface area contributed by atoms with Gasteiger partial charge in [-0.15, -0.1) is 0 Å². The maximum atomic E-state index is 11.4. The van der Waals surface area contributed by atoms with Crippen LogP contribution in [0.25, 0.3) is 0 Å². The molecule has 1 N–H and O–H groups in total. The third-order valence-corrected chi connectivity index (χ3v) is 4.65. The molecule has 0 aromatic rings. The van der Waals surface area contributed by atoms with Crippen molar-refractivity contribution in [2.75, 3.05) is 12.3 Å². The van der Waals surface area contributed by atoms with Gasteiger partial charge in [0.15, 0.2) is 0 Å². The zero-order valence-electron chi connectivity index (χ0n) is 7.97. The second-order valence-electron chi connectivity index (χ2n) is 4.12. The van der Waals surface area contributed by atoms with Crippen molar-refractivity contribution in [1.29, 1.82) is 0 Å². The molecule has 74 valence electrons. The first-order valence-electron chi connectivity index (χ1n) is 5.21. The number of hydrogen-bond acceptors (Lipinski definition) is 2. The summed E-state index contributed by atoms with van der Waals surface area (Å²) >= 11 is 2.03. The molecular weight excluding hydrogens is 182 g/mol. The van der Waals surface area contributed by atoms with E-state index in [-0.39, 0.29) is 5.91 Å². The zero-order valence-corrected chi connectivity index (χ0v) is 8.79. The Kier molecular flexibility index (Phi) is 2.82. The zero-order chi connectivity index (χ0) is 9.15. The Morgan fingerprint density at radius 2 is 2.00 bits per heavy atom. The fourth-order valence-electron chi connectivity index (χ4n) is 2.38. The molecule has 1 saturated carbocycles. The van der Waals surface area contributed by atoms with Gasteiger partial charge in [0, 0.05) is 23.5 Å². The van der Waals surface area contributed by atoms with E-state index in [2.05, 4.69) is 5.32 Å². The molecule has 1 heterocycles. The van der Waals surface area contributed by atoms with Crippen molar-refractivity contribution in [2.45, 2.75) is 43.3 Å². The van der Waals surface area contributed by atoms with Crippen molar-refractivity contribution in [3.05, 3.63) is 0 Å². The van der Waals surface area contributed by atoms with Crippen molar-refractivity contribution in [3.63, 3.8) is 0 Å². The van der Waals surface area contributed by atoms with Crippen LogP contribution in [0.1, 0.15) is 38.5 Å². The number of amides is 1. The molecule has 1 spiro atoms. The molecule has 2 fully saturated rings. The van der Waals surface area contributed by atoms with Gasteiger partial charge in [-0.1, -0.05) is 19.3 Å². The molecule has 0 aromatic heterocycles. The first-order valence-corrected chi connectivity index (χ1v) is 6.20. The average Bonchev–Trinajstić information content (AvgIpc) is 2.29. The molecule has 3 heteroatoms. The van der Waals surface area contributed by atoms with Crippen LogP contribution in [0.3, 0.4) is 0 Å². The molecule has 1 aliphatic heterocycles. The molecule has 0 atom stereocenters. The summed E-state index contributed by atoms with van der Waals surface area (Å²) in [7, 11) is 0. The van der Waals surface area contributed by atoms with E-state index in [1.165, 1.54) is 32.1 Å². The average molecular weight is 199 g/mol. The largest absolute Gasteiger partial charge is 0.355 e. The molecule has 1 amide bonds. The van der Waals surface area contributed by atoms with Crippen molar-refractivity contribution in [3.8, 4) is 0 Å². The number of carbonyl (C=O) groups excluding carboxylic acids is 1. The van der Waals surface area contributed by atoms with Crippen molar-refractivity contribution < 1.29 is 4.79 Å². The van der Waals surface area contributed by atoms with E-state index in [1.807, 2.05) is 11.8 Å². The van der Waals surface area contributed by atoms with E-state index in [0.717, 1.165) is 18.7 Å². The minimum Gasteiger partial charge on any atom is -0.355 e. The molecule has 13 heavy (non-hydrogen) atoms. The third kappa shape index (κ3) is 2.19. The second-order valence-corrected chi connectivity index (χ2v) is 5.68. The van der Waals surface area contributed by atoms with Crippen LogP contribution in [-0.2, 0) is 4.79 Å². The van der Waals surface area contributed by atoms with Gasteiger partial charge in [-0.2, -0.15) is 11.8 Å². The number of nitrogens with one attached hydrogen (secondary N) is 1. The Hall–Kier alpha value is -0.180. The highest BCUT2D eigenvalue weighted by Crippen LogP contribution is 2.43. The summed E-state index contributed by atoms with van der Waals surface area (Å²) in [4.78, 5) is 11.4. The van der Waals surface area contributed by atoms with Gasteiger partial charge in [0.2, 0.25) is 5.91 Å². The molecule has 2 rings (SSSR count). The highest BCUT2D eigenvalue weighted by atomic mass is 32.2. The first kappa shape index (κ1) is 9.38. The lowest BCUT2D eigenvalue weighted by atomic mass is 9.86. The van der Waals surface area contributed by atoms with E-state index in [4.69, 9.17) is 0 Å². The minimum absolute atomic E-state index is 0.270. The Morgan fingerprint density at radius 3 is 2.77 bits per heavy atom. The quantitative estimate of drug-likeness (QED) is 0.646. The number of thioether (sulfide) groups is 1. The third-order valence-electron chi connectivity index (χ3n) is 3.08. The summed E-state index contributed by atoms with van der Waals surface area (Å²) in [6, 6.07) is 0. The van der Waals surface area contributed by atoms with Crippen LogP contribution in [0.2, 0.25) is 0 Å².